The number of hydrogen-bond donors (Lipinski definition) is 0. The summed E-state index contributed by atoms with van der Waals surface area (Å²) < 4.78 is 16.8. The first-order valence-electron chi connectivity index (χ1n) is 5.48. The third kappa shape index (κ3) is 2.61. The second-order valence-corrected chi connectivity index (χ2v) is 4.38. The maximum Gasteiger partial charge on any atom is 0.163 e. The van der Waals surface area contributed by atoms with E-state index in [2.05, 4.69) is 6.92 Å². The number of hydrogen-bond acceptors (Lipinski definition) is 3. The van der Waals surface area contributed by atoms with Gasteiger partial charge in [0.15, 0.2) is 5.79 Å². The largest absolute Gasteiger partial charge is 0.466 e. The molecule has 1 aliphatic heterocycles. The van der Waals surface area contributed by atoms with E-state index in [1.54, 1.807) is 0 Å². The first kappa shape index (κ1) is 10.7. The van der Waals surface area contributed by atoms with Crippen LogP contribution in [0, 0.1) is 0 Å². The van der Waals surface area contributed by atoms with E-state index in [1.165, 1.54) is 0 Å². The summed E-state index contributed by atoms with van der Waals surface area (Å²) in [5.74, 6) is 1.58. The smallest absolute Gasteiger partial charge is 0.163 e. The van der Waals surface area contributed by atoms with Crippen molar-refractivity contribution < 1.29 is 13.9 Å². The van der Waals surface area contributed by atoms with Crippen molar-refractivity contribution in [3.8, 4) is 0 Å². The van der Waals surface area contributed by atoms with Crippen molar-refractivity contribution in [3.63, 3.8) is 0 Å². The van der Waals surface area contributed by atoms with Crippen LogP contribution in [-0.4, -0.2) is 18.5 Å². The van der Waals surface area contributed by atoms with E-state index in [0.29, 0.717) is 6.61 Å². The highest BCUT2D eigenvalue weighted by Gasteiger charge is 2.33. The summed E-state index contributed by atoms with van der Waals surface area (Å²) in [5, 5.41) is 0. The second kappa shape index (κ2) is 3.99. The Morgan fingerprint density at radius 3 is 2.60 bits per heavy atom. The molecular formula is C12H18O3. The third-order valence-electron chi connectivity index (χ3n) is 2.56. The molecule has 3 nitrogen and oxygen atoms in total. The van der Waals surface area contributed by atoms with E-state index >= 15 is 0 Å². The molecule has 1 aliphatic rings. The first-order valence-corrected chi connectivity index (χ1v) is 5.48. The lowest BCUT2D eigenvalue weighted by Gasteiger charge is -2.16. The molecule has 1 atom stereocenters. The van der Waals surface area contributed by atoms with Crippen molar-refractivity contribution in [1.29, 1.82) is 0 Å². The molecule has 0 bridgehead atoms. The Morgan fingerprint density at radius 2 is 2.07 bits per heavy atom. The third-order valence-corrected chi connectivity index (χ3v) is 2.56. The van der Waals surface area contributed by atoms with Crippen molar-refractivity contribution >= 4 is 0 Å². The molecule has 0 saturated carbocycles. The van der Waals surface area contributed by atoms with Crippen molar-refractivity contribution in [2.45, 2.75) is 45.5 Å². The Balaban J connectivity index is 1.92. The SMILES string of the molecule is CCc1ccc(C[C@H]2COC(C)(C)O2)o1. The van der Waals surface area contributed by atoms with Crippen LogP contribution in [0.25, 0.3) is 0 Å². The Labute approximate surface area is 90.4 Å². The van der Waals surface area contributed by atoms with Crippen LogP contribution in [0.3, 0.4) is 0 Å². The fourth-order valence-electron chi connectivity index (χ4n) is 1.81. The fourth-order valence-corrected chi connectivity index (χ4v) is 1.81. The molecule has 0 unspecified atom stereocenters. The van der Waals surface area contributed by atoms with Gasteiger partial charge in [0.1, 0.15) is 11.5 Å². The standard InChI is InChI=1S/C12H18O3/c1-4-9-5-6-10(14-9)7-11-8-13-12(2,3)15-11/h5-6,11H,4,7-8H2,1-3H3/t11-/m0/s1. The minimum absolute atomic E-state index is 0.121. The van der Waals surface area contributed by atoms with Crippen molar-refractivity contribution in [2.75, 3.05) is 6.61 Å². The molecule has 1 aromatic heterocycles. The molecule has 0 spiro atoms. The normalized spacial score (nSPS) is 24.6. The number of rotatable bonds is 3. The molecule has 1 saturated heterocycles. The van der Waals surface area contributed by atoms with Gasteiger partial charge in [0.2, 0.25) is 0 Å². The highest BCUT2D eigenvalue weighted by atomic mass is 16.7. The van der Waals surface area contributed by atoms with Gasteiger partial charge in [0.05, 0.1) is 12.7 Å². The van der Waals surface area contributed by atoms with Crippen LogP contribution in [0.4, 0.5) is 0 Å². The number of ether oxygens (including phenoxy) is 2. The van der Waals surface area contributed by atoms with E-state index in [0.717, 1.165) is 24.4 Å². The Morgan fingerprint density at radius 1 is 1.33 bits per heavy atom. The summed E-state index contributed by atoms with van der Waals surface area (Å²) in [6, 6.07) is 4.05. The summed E-state index contributed by atoms with van der Waals surface area (Å²) in [6.45, 7) is 6.61. The molecule has 0 aliphatic carbocycles. The highest BCUT2D eigenvalue weighted by Crippen LogP contribution is 2.25. The molecule has 15 heavy (non-hydrogen) atoms. The molecule has 2 rings (SSSR count). The summed E-state index contributed by atoms with van der Waals surface area (Å²) in [6.07, 6.45) is 1.85. The summed E-state index contributed by atoms with van der Waals surface area (Å²) in [5.41, 5.74) is 0. The monoisotopic (exact) mass is 210 g/mol. The molecule has 1 fully saturated rings. The lowest BCUT2D eigenvalue weighted by atomic mass is 10.2. The molecular weight excluding hydrogens is 192 g/mol. The van der Waals surface area contributed by atoms with Crippen LogP contribution in [0.1, 0.15) is 32.3 Å². The minimum atomic E-state index is -0.440. The van der Waals surface area contributed by atoms with Gasteiger partial charge in [-0.2, -0.15) is 0 Å². The molecule has 1 aromatic rings. The van der Waals surface area contributed by atoms with E-state index in [-0.39, 0.29) is 6.10 Å². The van der Waals surface area contributed by atoms with Crippen molar-refractivity contribution in [1.82, 2.24) is 0 Å². The van der Waals surface area contributed by atoms with Gasteiger partial charge in [-0.05, 0) is 26.0 Å². The van der Waals surface area contributed by atoms with Gasteiger partial charge < -0.3 is 13.9 Å². The minimum Gasteiger partial charge on any atom is -0.466 e. The predicted octanol–water partition coefficient (Wildman–Crippen LogP) is 2.54. The lowest BCUT2D eigenvalue weighted by molar-refractivity contribution is -0.138. The van der Waals surface area contributed by atoms with E-state index in [1.807, 2.05) is 26.0 Å². The van der Waals surface area contributed by atoms with Crippen LogP contribution >= 0.6 is 0 Å². The van der Waals surface area contributed by atoms with Crippen LogP contribution < -0.4 is 0 Å². The van der Waals surface area contributed by atoms with Gasteiger partial charge in [-0.1, -0.05) is 6.92 Å². The molecule has 0 amide bonds. The van der Waals surface area contributed by atoms with Crippen molar-refractivity contribution in [3.05, 3.63) is 23.7 Å². The molecule has 0 aromatic carbocycles. The van der Waals surface area contributed by atoms with Gasteiger partial charge in [-0.15, -0.1) is 0 Å². The van der Waals surface area contributed by atoms with Crippen LogP contribution in [0.5, 0.6) is 0 Å². The predicted molar refractivity (Wildman–Crippen MR) is 56.7 cm³/mol. The quantitative estimate of drug-likeness (QED) is 0.768. The van der Waals surface area contributed by atoms with Gasteiger partial charge >= 0.3 is 0 Å². The molecule has 0 N–H and O–H groups in total. The zero-order valence-corrected chi connectivity index (χ0v) is 9.58. The Bertz CT molecular complexity index is 327. The van der Waals surface area contributed by atoms with E-state index in [9.17, 15) is 0 Å². The van der Waals surface area contributed by atoms with Crippen molar-refractivity contribution in [2.24, 2.45) is 0 Å². The number of aryl methyl sites for hydroxylation is 1. The maximum absolute atomic E-state index is 5.71. The Kier molecular flexibility index (Phi) is 2.85. The average Bonchev–Trinajstić information content (AvgIpc) is 2.73. The maximum atomic E-state index is 5.71. The molecule has 84 valence electrons. The second-order valence-electron chi connectivity index (χ2n) is 4.38. The van der Waals surface area contributed by atoms with Gasteiger partial charge in [-0.25, -0.2) is 0 Å². The lowest BCUT2D eigenvalue weighted by Crippen LogP contribution is -2.22. The summed E-state index contributed by atoms with van der Waals surface area (Å²) in [7, 11) is 0. The van der Waals surface area contributed by atoms with Gasteiger partial charge in [-0.3, -0.25) is 0 Å². The van der Waals surface area contributed by atoms with Gasteiger partial charge in [0.25, 0.3) is 0 Å². The fraction of sp³-hybridized carbons (Fsp3) is 0.667. The number of furan rings is 1. The first-order chi connectivity index (χ1) is 7.09. The highest BCUT2D eigenvalue weighted by molar-refractivity contribution is 5.08. The van der Waals surface area contributed by atoms with Crippen LogP contribution in [0.15, 0.2) is 16.5 Å². The zero-order chi connectivity index (χ0) is 10.9. The van der Waals surface area contributed by atoms with Gasteiger partial charge in [0, 0.05) is 12.8 Å². The average molecular weight is 210 g/mol. The zero-order valence-electron chi connectivity index (χ0n) is 9.58. The summed E-state index contributed by atoms with van der Waals surface area (Å²) in [4.78, 5) is 0. The molecule has 3 heteroatoms. The van der Waals surface area contributed by atoms with E-state index in [4.69, 9.17) is 13.9 Å². The summed E-state index contributed by atoms with van der Waals surface area (Å²) >= 11 is 0. The van der Waals surface area contributed by atoms with Crippen LogP contribution in [0.2, 0.25) is 0 Å². The Hall–Kier alpha value is -0.800. The van der Waals surface area contributed by atoms with Crippen LogP contribution in [-0.2, 0) is 22.3 Å². The molecule has 2 heterocycles. The topological polar surface area (TPSA) is 31.6 Å². The molecule has 0 radical (unpaired) electrons. The van der Waals surface area contributed by atoms with E-state index < -0.39 is 5.79 Å².